The zero-order valence-electron chi connectivity index (χ0n) is 9.78. The van der Waals surface area contributed by atoms with Crippen LogP contribution in [0.15, 0.2) is 30.5 Å². The van der Waals surface area contributed by atoms with Gasteiger partial charge in [0.05, 0.1) is 5.52 Å². The first-order chi connectivity index (χ1) is 8.16. The molecule has 2 rings (SSSR count). The van der Waals surface area contributed by atoms with Crippen molar-refractivity contribution in [2.45, 2.75) is 19.4 Å². The van der Waals surface area contributed by atoms with Gasteiger partial charge in [0.1, 0.15) is 0 Å². The predicted octanol–water partition coefficient (Wildman–Crippen LogP) is 3.04. The van der Waals surface area contributed by atoms with E-state index in [0.717, 1.165) is 29.6 Å². The minimum absolute atomic E-state index is 0.213. The normalized spacial score (nSPS) is 12.6. The van der Waals surface area contributed by atoms with E-state index in [1.807, 2.05) is 31.2 Å². The maximum Gasteiger partial charge on any atom is 0.0737 e. The molecule has 0 bridgehead atoms. The van der Waals surface area contributed by atoms with Crippen molar-refractivity contribution in [3.63, 3.8) is 0 Å². The maximum atomic E-state index is 5.94. The molecule has 2 aromatic rings. The summed E-state index contributed by atoms with van der Waals surface area (Å²) in [5, 5.41) is 5.17. The van der Waals surface area contributed by atoms with Gasteiger partial charge in [-0.05, 0) is 37.6 Å². The van der Waals surface area contributed by atoms with Gasteiger partial charge in [0.15, 0.2) is 0 Å². The van der Waals surface area contributed by atoms with E-state index in [1.165, 1.54) is 0 Å². The van der Waals surface area contributed by atoms with Gasteiger partial charge >= 0.3 is 0 Å². The maximum absolute atomic E-state index is 5.94. The van der Waals surface area contributed by atoms with Crippen molar-refractivity contribution in [1.82, 2.24) is 4.98 Å². The van der Waals surface area contributed by atoms with E-state index in [2.05, 4.69) is 10.3 Å². The fourth-order valence-electron chi connectivity index (χ4n) is 1.71. The van der Waals surface area contributed by atoms with Crippen molar-refractivity contribution < 1.29 is 0 Å². The van der Waals surface area contributed by atoms with Crippen molar-refractivity contribution in [1.29, 1.82) is 0 Å². The quantitative estimate of drug-likeness (QED) is 0.876. The van der Waals surface area contributed by atoms with Crippen LogP contribution in [0.25, 0.3) is 10.9 Å². The minimum Gasteiger partial charge on any atom is -0.384 e. The number of halogens is 1. The summed E-state index contributed by atoms with van der Waals surface area (Å²) in [6.07, 6.45) is 2.73. The van der Waals surface area contributed by atoms with Crippen LogP contribution in [0.1, 0.15) is 13.3 Å². The molecule has 0 spiro atoms. The third-order valence-electron chi connectivity index (χ3n) is 2.62. The molecule has 0 saturated heterocycles. The average Bonchev–Trinajstić information content (AvgIpc) is 2.28. The van der Waals surface area contributed by atoms with Crippen molar-refractivity contribution in [2.24, 2.45) is 5.73 Å². The number of fused-ring (bicyclic) bond motifs is 1. The van der Waals surface area contributed by atoms with Crippen LogP contribution in [0.4, 0.5) is 5.69 Å². The second-order valence-corrected chi connectivity index (χ2v) is 4.65. The highest BCUT2D eigenvalue weighted by Gasteiger charge is 2.02. The van der Waals surface area contributed by atoms with E-state index in [4.69, 9.17) is 17.3 Å². The Morgan fingerprint density at radius 3 is 3.00 bits per heavy atom. The lowest BCUT2D eigenvalue weighted by molar-refractivity contribution is 0.690. The van der Waals surface area contributed by atoms with Gasteiger partial charge in [-0.3, -0.25) is 4.98 Å². The van der Waals surface area contributed by atoms with Crippen LogP contribution in [-0.4, -0.2) is 17.6 Å². The highest BCUT2D eigenvalue weighted by Crippen LogP contribution is 2.24. The Bertz CT molecular complexity index is 511. The van der Waals surface area contributed by atoms with E-state index >= 15 is 0 Å². The number of nitrogens with zero attached hydrogens (tertiary/aromatic N) is 1. The second-order valence-electron chi connectivity index (χ2n) is 4.21. The summed E-state index contributed by atoms with van der Waals surface area (Å²) in [6, 6.07) is 7.91. The molecule has 0 radical (unpaired) electrons. The molecule has 0 saturated carbocycles. The summed E-state index contributed by atoms with van der Waals surface area (Å²) in [6.45, 7) is 2.87. The van der Waals surface area contributed by atoms with Crippen molar-refractivity contribution >= 4 is 28.2 Å². The molecule has 1 aromatic carbocycles. The van der Waals surface area contributed by atoms with Crippen LogP contribution >= 0.6 is 11.6 Å². The third kappa shape index (κ3) is 3.08. The van der Waals surface area contributed by atoms with Crippen LogP contribution in [0.3, 0.4) is 0 Å². The van der Waals surface area contributed by atoms with E-state index in [1.54, 1.807) is 6.20 Å². The van der Waals surface area contributed by atoms with Gasteiger partial charge in [-0.2, -0.15) is 0 Å². The van der Waals surface area contributed by atoms with E-state index in [-0.39, 0.29) is 6.04 Å². The van der Waals surface area contributed by atoms with Gasteiger partial charge in [0, 0.05) is 34.9 Å². The molecule has 90 valence electrons. The Labute approximate surface area is 106 Å². The number of nitrogens with two attached hydrogens (primary N) is 1. The van der Waals surface area contributed by atoms with Gasteiger partial charge in [0.25, 0.3) is 0 Å². The molecule has 0 aliphatic carbocycles. The molecule has 0 aliphatic heterocycles. The number of aromatic nitrogens is 1. The Morgan fingerprint density at radius 2 is 2.24 bits per heavy atom. The highest BCUT2D eigenvalue weighted by molar-refractivity contribution is 6.31. The number of pyridine rings is 1. The summed E-state index contributed by atoms with van der Waals surface area (Å²) >= 11 is 5.94. The van der Waals surface area contributed by atoms with E-state index in [0.29, 0.717) is 5.02 Å². The highest BCUT2D eigenvalue weighted by atomic mass is 35.5. The Hall–Kier alpha value is -1.32. The Kier molecular flexibility index (Phi) is 3.82. The van der Waals surface area contributed by atoms with Crippen molar-refractivity contribution in [3.05, 3.63) is 35.5 Å². The van der Waals surface area contributed by atoms with Crippen LogP contribution < -0.4 is 11.1 Å². The van der Waals surface area contributed by atoms with Crippen LogP contribution in [0.2, 0.25) is 5.02 Å². The summed E-state index contributed by atoms with van der Waals surface area (Å²) in [4.78, 5) is 4.30. The van der Waals surface area contributed by atoms with Gasteiger partial charge in [0.2, 0.25) is 0 Å². The molecule has 3 nitrogen and oxygen atoms in total. The molecule has 17 heavy (non-hydrogen) atoms. The molecule has 1 unspecified atom stereocenters. The lowest BCUT2D eigenvalue weighted by Crippen LogP contribution is -2.19. The van der Waals surface area contributed by atoms with Gasteiger partial charge < -0.3 is 11.1 Å². The number of nitrogens with one attached hydrogen (secondary N) is 1. The number of anilines is 1. The topological polar surface area (TPSA) is 50.9 Å². The molecule has 3 N–H and O–H groups in total. The lowest BCUT2D eigenvalue weighted by Gasteiger charge is -2.10. The molecule has 0 amide bonds. The number of hydrogen-bond acceptors (Lipinski definition) is 3. The molecule has 1 atom stereocenters. The number of benzene rings is 1. The van der Waals surface area contributed by atoms with E-state index in [9.17, 15) is 0 Å². The third-order valence-corrected chi connectivity index (χ3v) is 2.85. The smallest absolute Gasteiger partial charge is 0.0737 e. The van der Waals surface area contributed by atoms with Crippen LogP contribution in [-0.2, 0) is 0 Å². The first-order valence-corrected chi connectivity index (χ1v) is 6.08. The molecule has 4 heteroatoms. The summed E-state index contributed by atoms with van der Waals surface area (Å²) in [5.74, 6) is 0. The van der Waals surface area contributed by atoms with Crippen molar-refractivity contribution in [3.8, 4) is 0 Å². The van der Waals surface area contributed by atoms with Gasteiger partial charge in [-0.1, -0.05) is 11.6 Å². The predicted molar refractivity (Wildman–Crippen MR) is 73.5 cm³/mol. The van der Waals surface area contributed by atoms with Crippen LogP contribution in [0, 0.1) is 0 Å². The minimum atomic E-state index is 0.213. The zero-order chi connectivity index (χ0) is 12.3. The molecular formula is C13H16ClN3. The fourth-order valence-corrected chi connectivity index (χ4v) is 1.88. The standard InChI is InChI=1S/C13H16ClN3/c1-9(15)4-6-16-12-5-7-17-13-8-10(14)2-3-11(12)13/h2-3,5,7-9H,4,6,15H2,1H3,(H,16,17). The Morgan fingerprint density at radius 1 is 1.41 bits per heavy atom. The molecule has 1 heterocycles. The van der Waals surface area contributed by atoms with Gasteiger partial charge in [-0.15, -0.1) is 0 Å². The first kappa shape index (κ1) is 12.1. The number of hydrogen-bond donors (Lipinski definition) is 2. The second kappa shape index (κ2) is 5.34. The molecular weight excluding hydrogens is 234 g/mol. The van der Waals surface area contributed by atoms with E-state index < -0.39 is 0 Å². The number of rotatable bonds is 4. The summed E-state index contributed by atoms with van der Waals surface area (Å²) < 4.78 is 0. The van der Waals surface area contributed by atoms with Gasteiger partial charge in [-0.25, -0.2) is 0 Å². The molecule has 1 aromatic heterocycles. The van der Waals surface area contributed by atoms with Crippen LogP contribution in [0.5, 0.6) is 0 Å². The fraction of sp³-hybridized carbons (Fsp3) is 0.308. The molecule has 0 fully saturated rings. The lowest BCUT2D eigenvalue weighted by atomic mass is 10.2. The Balaban J connectivity index is 2.22. The molecule has 0 aliphatic rings. The SMILES string of the molecule is CC(N)CCNc1ccnc2cc(Cl)ccc12. The largest absolute Gasteiger partial charge is 0.384 e. The van der Waals surface area contributed by atoms with Crippen molar-refractivity contribution in [2.75, 3.05) is 11.9 Å². The monoisotopic (exact) mass is 249 g/mol. The first-order valence-electron chi connectivity index (χ1n) is 5.70. The zero-order valence-corrected chi connectivity index (χ0v) is 10.5. The average molecular weight is 250 g/mol. The summed E-state index contributed by atoms with van der Waals surface area (Å²) in [5.41, 5.74) is 7.70. The summed E-state index contributed by atoms with van der Waals surface area (Å²) in [7, 11) is 0.